The average Bonchev–Trinajstić information content (AvgIpc) is 2.51. The first-order chi connectivity index (χ1) is 6.72. The Morgan fingerprint density at radius 1 is 1.64 bits per heavy atom. The first kappa shape index (κ1) is 9.63. The van der Waals surface area contributed by atoms with Gasteiger partial charge in [0.25, 0.3) is 0 Å². The van der Waals surface area contributed by atoms with E-state index >= 15 is 0 Å². The minimum atomic E-state index is -0.00200. The molecule has 1 saturated carbocycles. The Morgan fingerprint density at radius 2 is 2.43 bits per heavy atom. The molecule has 0 saturated heterocycles. The molecular formula is C10H13N3S. The smallest absolute Gasteiger partial charge is 0.107 e. The van der Waals surface area contributed by atoms with Crippen molar-refractivity contribution >= 4 is 11.3 Å². The van der Waals surface area contributed by atoms with Crippen LogP contribution in [0.25, 0.3) is 0 Å². The van der Waals surface area contributed by atoms with Gasteiger partial charge in [0.2, 0.25) is 0 Å². The zero-order chi connectivity index (χ0) is 10.0. The van der Waals surface area contributed by atoms with Crippen molar-refractivity contribution in [1.29, 1.82) is 5.26 Å². The second-order valence-corrected chi connectivity index (χ2v) is 4.90. The molecule has 1 aliphatic carbocycles. The van der Waals surface area contributed by atoms with Crippen LogP contribution in [0.5, 0.6) is 0 Å². The Labute approximate surface area is 87.6 Å². The van der Waals surface area contributed by atoms with Crippen LogP contribution in [0.2, 0.25) is 0 Å². The van der Waals surface area contributed by atoms with Crippen molar-refractivity contribution in [3.63, 3.8) is 0 Å². The lowest BCUT2D eigenvalue weighted by Crippen LogP contribution is -2.48. The molecule has 2 rings (SSSR count). The quantitative estimate of drug-likeness (QED) is 0.819. The van der Waals surface area contributed by atoms with Crippen molar-refractivity contribution in [2.45, 2.75) is 37.6 Å². The monoisotopic (exact) mass is 207 g/mol. The van der Waals surface area contributed by atoms with Gasteiger partial charge in [-0.25, -0.2) is 4.98 Å². The number of nitrogens with two attached hydrogens (primary N) is 1. The lowest BCUT2D eigenvalue weighted by Gasteiger charge is -2.37. The molecule has 74 valence electrons. The van der Waals surface area contributed by atoms with Gasteiger partial charge in [0.15, 0.2) is 0 Å². The summed E-state index contributed by atoms with van der Waals surface area (Å²) in [6, 6.07) is 2.10. The van der Waals surface area contributed by atoms with E-state index in [1.54, 1.807) is 11.3 Å². The topological polar surface area (TPSA) is 62.7 Å². The van der Waals surface area contributed by atoms with E-state index in [9.17, 15) is 0 Å². The van der Waals surface area contributed by atoms with Gasteiger partial charge in [-0.3, -0.25) is 0 Å². The summed E-state index contributed by atoms with van der Waals surface area (Å²) in [5.74, 6) is 0. The molecule has 1 aromatic rings. The fraction of sp³-hybridized carbons (Fsp3) is 0.600. The Bertz CT molecular complexity index is 360. The first-order valence-electron chi connectivity index (χ1n) is 4.81. The molecule has 0 atom stereocenters. The maximum absolute atomic E-state index is 8.51. The van der Waals surface area contributed by atoms with E-state index in [0.29, 0.717) is 6.42 Å². The normalized spacial score (nSPS) is 18.6. The number of rotatable bonds is 3. The summed E-state index contributed by atoms with van der Waals surface area (Å²) in [7, 11) is 0. The average molecular weight is 207 g/mol. The van der Waals surface area contributed by atoms with E-state index in [-0.39, 0.29) is 5.54 Å². The molecule has 0 radical (unpaired) electrons. The van der Waals surface area contributed by atoms with E-state index in [0.717, 1.165) is 30.0 Å². The molecule has 1 fully saturated rings. The van der Waals surface area contributed by atoms with E-state index in [1.807, 2.05) is 5.38 Å². The van der Waals surface area contributed by atoms with E-state index in [1.165, 1.54) is 6.42 Å². The van der Waals surface area contributed by atoms with Crippen molar-refractivity contribution in [3.05, 3.63) is 16.1 Å². The molecular weight excluding hydrogens is 194 g/mol. The van der Waals surface area contributed by atoms with E-state index < -0.39 is 0 Å². The van der Waals surface area contributed by atoms with Crippen LogP contribution in [0, 0.1) is 11.3 Å². The van der Waals surface area contributed by atoms with Gasteiger partial charge >= 0.3 is 0 Å². The summed E-state index contributed by atoms with van der Waals surface area (Å²) in [6.45, 7) is 0. The highest BCUT2D eigenvalue weighted by Gasteiger charge is 2.33. The highest BCUT2D eigenvalue weighted by Crippen LogP contribution is 2.32. The van der Waals surface area contributed by atoms with Crippen LogP contribution in [-0.2, 0) is 12.8 Å². The number of nitriles is 1. The third-order valence-corrected chi connectivity index (χ3v) is 3.61. The minimum absolute atomic E-state index is 0.00200. The summed E-state index contributed by atoms with van der Waals surface area (Å²) < 4.78 is 0. The third kappa shape index (κ3) is 1.94. The Kier molecular flexibility index (Phi) is 2.53. The molecule has 0 aliphatic heterocycles. The summed E-state index contributed by atoms with van der Waals surface area (Å²) in [6.07, 6.45) is 4.75. The maximum atomic E-state index is 8.51. The van der Waals surface area contributed by atoms with Gasteiger partial charge in [-0.2, -0.15) is 5.26 Å². The molecule has 1 heterocycles. The zero-order valence-corrected chi connectivity index (χ0v) is 8.81. The van der Waals surface area contributed by atoms with Crippen LogP contribution in [0.15, 0.2) is 5.38 Å². The third-order valence-electron chi connectivity index (χ3n) is 2.71. The lowest BCUT2D eigenvalue weighted by atomic mass is 9.75. The molecule has 14 heavy (non-hydrogen) atoms. The first-order valence-corrected chi connectivity index (χ1v) is 5.69. The molecule has 1 aliphatic rings. The summed E-state index contributed by atoms with van der Waals surface area (Å²) >= 11 is 1.56. The highest BCUT2D eigenvalue weighted by molar-refractivity contribution is 7.09. The van der Waals surface area contributed by atoms with Crippen LogP contribution >= 0.6 is 11.3 Å². The number of thiazole rings is 1. The van der Waals surface area contributed by atoms with Crippen LogP contribution in [0.4, 0.5) is 0 Å². The van der Waals surface area contributed by atoms with Crippen LogP contribution in [0.1, 0.15) is 30.0 Å². The molecule has 0 unspecified atom stereocenters. The second-order valence-electron chi connectivity index (χ2n) is 3.96. The molecule has 0 bridgehead atoms. The van der Waals surface area contributed by atoms with Crippen molar-refractivity contribution in [1.82, 2.24) is 4.98 Å². The van der Waals surface area contributed by atoms with Gasteiger partial charge in [0, 0.05) is 17.3 Å². The number of nitrogens with zero attached hydrogens (tertiary/aromatic N) is 2. The van der Waals surface area contributed by atoms with Gasteiger partial charge in [-0.15, -0.1) is 11.3 Å². The molecule has 0 amide bonds. The molecule has 3 nitrogen and oxygen atoms in total. The van der Waals surface area contributed by atoms with E-state index in [4.69, 9.17) is 11.0 Å². The van der Waals surface area contributed by atoms with Gasteiger partial charge in [-0.1, -0.05) is 0 Å². The Hall–Kier alpha value is -0.920. The fourth-order valence-corrected chi connectivity index (χ4v) is 2.47. The predicted molar refractivity (Wildman–Crippen MR) is 55.9 cm³/mol. The van der Waals surface area contributed by atoms with Crippen LogP contribution in [0.3, 0.4) is 0 Å². The fourth-order valence-electron chi connectivity index (χ4n) is 1.75. The summed E-state index contributed by atoms with van der Waals surface area (Å²) in [5, 5.41) is 11.4. The molecule has 1 aromatic heterocycles. The molecule has 0 spiro atoms. The highest BCUT2D eigenvalue weighted by atomic mass is 32.1. The second kappa shape index (κ2) is 3.68. The van der Waals surface area contributed by atoms with Crippen molar-refractivity contribution in [3.8, 4) is 6.07 Å². The maximum Gasteiger partial charge on any atom is 0.107 e. The zero-order valence-electron chi connectivity index (χ0n) is 7.99. The van der Waals surface area contributed by atoms with Gasteiger partial charge in [0.1, 0.15) is 5.01 Å². The SMILES string of the molecule is N#CCc1nc(CC2(N)CCC2)cs1. The number of hydrogen-bond donors (Lipinski definition) is 1. The van der Waals surface area contributed by atoms with Crippen LogP contribution in [-0.4, -0.2) is 10.5 Å². The van der Waals surface area contributed by atoms with Crippen LogP contribution < -0.4 is 5.73 Å². The summed E-state index contributed by atoms with van der Waals surface area (Å²) in [4.78, 5) is 4.38. The van der Waals surface area contributed by atoms with E-state index in [2.05, 4.69) is 11.1 Å². The Morgan fingerprint density at radius 3 is 3.00 bits per heavy atom. The van der Waals surface area contributed by atoms with Crippen molar-refractivity contribution in [2.24, 2.45) is 5.73 Å². The predicted octanol–water partition coefficient (Wildman–Crippen LogP) is 1.63. The van der Waals surface area contributed by atoms with Crippen molar-refractivity contribution < 1.29 is 0 Å². The minimum Gasteiger partial charge on any atom is -0.325 e. The lowest BCUT2D eigenvalue weighted by molar-refractivity contribution is 0.246. The molecule has 4 heteroatoms. The van der Waals surface area contributed by atoms with Gasteiger partial charge < -0.3 is 5.73 Å². The summed E-state index contributed by atoms with van der Waals surface area (Å²) in [5.41, 5.74) is 7.17. The molecule has 2 N–H and O–H groups in total. The standard InChI is InChI=1S/C10H13N3S/c11-5-2-9-13-8(7-14-9)6-10(12)3-1-4-10/h7H,1-4,6,12H2. The largest absolute Gasteiger partial charge is 0.325 e. The Balaban J connectivity index is 1.99. The molecule has 0 aromatic carbocycles. The number of aromatic nitrogens is 1. The van der Waals surface area contributed by atoms with Crippen molar-refractivity contribution in [2.75, 3.05) is 0 Å². The number of hydrogen-bond acceptors (Lipinski definition) is 4. The van der Waals surface area contributed by atoms with Gasteiger partial charge in [-0.05, 0) is 19.3 Å². The van der Waals surface area contributed by atoms with Gasteiger partial charge in [0.05, 0.1) is 18.2 Å².